The Balaban J connectivity index is 2.88. The summed E-state index contributed by atoms with van der Waals surface area (Å²) in [7, 11) is 5.55. The number of nitrogens with one attached hydrogen (secondary N) is 1. The summed E-state index contributed by atoms with van der Waals surface area (Å²) in [4.78, 5) is 1.80. The first-order valence-corrected chi connectivity index (χ1v) is 5.21. The molecule has 0 aliphatic carbocycles. The predicted octanol–water partition coefficient (Wildman–Crippen LogP) is 3.09. The Bertz CT molecular complexity index is 521. The van der Waals surface area contributed by atoms with Gasteiger partial charge < -0.3 is 10.2 Å². The quantitative estimate of drug-likeness (QED) is 0.833. The van der Waals surface area contributed by atoms with E-state index >= 15 is 0 Å². The van der Waals surface area contributed by atoms with E-state index in [1.165, 1.54) is 6.07 Å². The molecule has 2 aromatic carbocycles. The van der Waals surface area contributed by atoms with Crippen LogP contribution in [0.2, 0.25) is 0 Å². The van der Waals surface area contributed by atoms with Crippen molar-refractivity contribution in [3.8, 4) is 0 Å². The van der Waals surface area contributed by atoms with Gasteiger partial charge in [-0.1, -0.05) is 18.2 Å². The van der Waals surface area contributed by atoms with E-state index in [9.17, 15) is 4.39 Å². The van der Waals surface area contributed by atoms with E-state index in [1.807, 2.05) is 39.3 Å². The van der Waals surface area contributed by atoms with Gasteiger partial charge in [-0.25, -0.2) is 4.39 Å². The topological polar surface area (TPSA) is 15.3 Å². The van der Waals surface area contributed by atoms with Crippen LogP contribution in [0.25, 0.3) is 10.8 Å². The molecule has 16 heavy (non-hydrogen) atoms. The number of halogens is 1. The number of hydrogen-bond acceptors (Lipinski definition) is 2. The van der Waals surface area contributed by atoms with Crippen LogP contribution in [0, 0.1) is 5.82 Å². The molecule has 84 valence electrons. The number of anilines is 2. The summed E-state index contributed by atoms with van der Waals surface area (Å²) in [6.07, 6.45) is 0. The average molecular weight is 218 g/mol. The van der Waals surface area contributed by atoms with Crippen molar-refractivity contribution in [2.45, 2.75) is 0 Å². The minimum atomic E-state index is -0.194. The minimum Gasteiger partial charge on any atom is -0.388 e. The third-order valence-corrected chi connectivity index (χ3v) is 2.69. The van der Waals surface area contributed by atoms with Gasteiger partial charge in [-0.2, -0.15) is 0 Å². The van der Waals surface area contributed by atoms with Crippen LogP contribution < -0.4 is 10.2 Å². The van der Waals surface area contributed by atoms with Crippen molar-refractivity contribution in [2.24, 2.45) is 0 Å². The number of hydrogen-bond donors (Lipinski definition) is 1. The maximum atomic E-state index is 13.8. The molecule has 0 aliphatic rings. The summed E-state index contributed by atoms with van der Waals surface area (Å²) in [6.45, 7) is 0. The summed E-state index contributed by atoms with van der Waals surface area (Å²) in [5.74, 6) is -0.194. The van der Waals surface area contributed by atoms with Crippen LogP contribution in [0.15, 0.2) is 30.3 Å². The molecule has 0 saturated heterocycles. The summed E-state index contributed by atoms with van der Waals surface area (Å²) in [5, 5.41) is 5.06. The van der Waals surface area contributed by atoms with E-state index in [0.29, 0.717) is 5.69 Å². The summed E-state index contributed by atoms with van der Waals surface area (Å²) >= 11 is 0. The largest absolute Gasteiger partial charge is 0.388 e. The molecule has 1 N–H and O–H groups in total. The molecule has 2 nitrogen and oxygen atoms in total. The second-order valence-electron chi connectivity index (χ2n) is 3.94. The number of nitrogens with zero attached hydrogens (tertiary/aromatic N) is 1. The van der Waals surface area contributed by atoms with Crippen LogP contribution in [0.5, 0.6) is 0 Å². The fourth-order valence-electron chi connectivity index (χ4n) is 1.98. The molecule has 0 aromatic heterocycles. The lowest BCUT2D eigenvalue weighted by Crippen LogP contribution is -2.11. The molecule has 2 rings (SSSR count). The number of benzene rings is 2. The second kappa shape index (κ2) is 4.00. The van der Waals surface area contributed by atoms with Crippen molar-refractivity contribution < 1.29 is 4.39 Å². The van der Waals surface area contributed by atoms with Crippen molar-refractivity contribution >= 4 is 22.1 Å². The van der Waals surface area contributed by atoms with Crippen LogP contribution in [-0.2, 0) is 0 Å². The van der Waals surface area contributed by atoms with Gasteiger partial charge in [-0.05, 0) is 17.5 Å². The number of rotatable bonds is 2. The lowest BCUT2D eigenvalue weighted by molar-refractivity contribution is 0.628. The summed E-state index contributed by atoms with van der Waals surface area (Å²) < 4.78 is 13.8. The molecule has 3 heteroatoms. The third-order valence-electron chi connectivity index (χ3n) is 2.69. The van der Waals surface area contributed by atoms with Gasteiger partial charge >= 0.3 is 0 Å². The Hall–Kier alpha value is -1.77. The van der Waals surface area contributed by atoms with Gasteiger partial charge in [0.05, 0.1) is 5.69 Å². The van der Waals surface area contributed by atoms with Gasteiger partial charge in [-0.15, -0.1) is 0 Å². The Morgan fingerprint density at radius 2 is 1.88 bits per heavy atom. The minimum absolute atomic E-state index is 0.194. The first-order valence-electron chi connectivity index (χ1n) is 5.21. The zero-order chi connectivity index (χ0) is 11.7. The molecular weight excluding hydrogens is 203 g/mol. The van der Waals surface area contributed by atoms with Crippen LogP contribution in [0.1, 0.15) is 0 Å². The lowest BCUT2D eigenvalue weighted by Gasteiger charge is -2.18. The van der Waals surface area contributed by atoms with Crippen LogP contribution in [0.3, 0.4) is 0 Å². The Kier molecular flexibility index (Phi) is 2.69. The van der Waals surface area contributed by atoms with E-state index in [-0.39, 0.29) is 5.82 Å². The van der Waals surface area contributed by atoms with E-state index in [2.05, 4.69) is 5.32 Å². The van der Waals surface area contributed by atoms with Gasteiger partial charge in [0.2, 0.25) is 0 Å². The van der Waals surface area contributed by atoms with Crippen molar-refractivity contribution in [1.82, 2.24) is 0 Å². The fraction of sp³-hybridized carbons (Fsp3) is 0.231. The standard InChI is InChI=1S/C13H15FN2/c1-15-11-6-4-5-9-7-8-10(14)13(12(9)11)16(2)3/h4-8,15H,1-3H3. The molecule has 0 saturated carbocycles. The molecular formula is C13H15FN2. The molecule has 0 aliphatic heterocycles. The molecule has 0 atom stereocenters. The zero-order valence-electron chi connectivity index (χ0n) is 9.71. The average Bonchev–Trinajstić information content (AvgIpc) is 2.27. The van der Waals surface area contributed by atoms with Gasteiger partial charge in [0.15, 0.2) is 0 Å². The maximum Gasteiger partial charge on any atom is 0.147 e. The Labute approximate surface area is 94.7 Å². The van der Waals surface area contributed by atoms with Gasteiger partial charge in [-0.3, -0.25) is 0 Å². The van der Waals surface area contributed by atoms with E-state index < -0.39 is 0 Å². The zero-order valence-corrected chi connectivity index (χ0v) is 9.71. The summed E-state index contributed by atoms with van der Waals surface area (Å²) in [6, 6.07) is 9.22. The van der Waals surface area contributed by atoms with Crippen molar-refractivity contribution in [3.05, 3.63) is 36.1 Å². The maximum absolute atomic E-state index is 13.8. The highest BCUT2D eigenvalue weighted by Gasteiger charge is 2.12. The molecule has 0 amide bonds. The van der Waals surface area contributed by atoms with E-state index in [1.54, 1.807) is 11.0 Å². The molecule has 0 radical (unpaired) electrons. The van der Waals surface area contributed by atoms with E-state index in [0.717, 1.165) is 16.5 Å². The molecule has 0 spiro atoms. The van der Waals surface area contributed by atoms with Crippen molar-refractivity contribution in [1.29, 1.82) is 0 Å². The fourth-order valence-corrected chi connectivity index (χ4v) is 1.98. The van der Waals surface area contributed by atoms with Gasteiger partial charge in [0.1, 0.15) is 5.82 Å². The van der Waals surface area contributed by atoms with Gasteiger partial charge in [0.25, 0.3) is 0 Å². The molecule has 0 bridgehead atoms. The van der Waals surface area contributed by atoms with E-state index in [4.69, 9.17) is 0 Å². The molecule has 2 aromatic rings. The molecule has 0 unspecified atom stereocenters. The third kappa shape index (κ3) is 1.58. The monoisotopic (exact) mass is 218 g/mol. The van der Waals surface area contributed by atoms with Crippen LogP contribution in [-0.4, -0.2) is 21.1 Å². The highest BCUT2D eigenvalue weighted by Crippen LogP contribution is 2.34. The van der Waals surface area contributed by atoms with Crippen molar-refractivity contribution in [3.63, 3.8) is 0 Å². The van der Waals surface area contributed by atoms with Crippen LogP contribution >= 0.6 is 0 Å². The second-order valence-corrected chi connectivity index (χ2v) is 3.94. The Morgan fingerprint density at radius 3 is 2.50 bits per heavy atom. The molecule has 0 fully saturated rings. The van der Waals surface area contributed by atoms with Gasteiger partial charge in [0, 0.05) is 32.2 Å². The number of fused-ring (bicyclic) bond motifs is 1. The SMILES string of the molecule is CNc1cccc2ccc(F)c(N(C)C)c12. The lowest BCUT2D eigenvalue weighted by atomic mass is 10.1. The van der Waals surface area contributed by atoms with Crippen molar-refractivity contribution in [2.75, 3.05) is 31.4 Å². The van der Waals surface area contributed by atoms with Crippen LogP contribution in [0.4, 0.5) is 15.8 Å². The predicted molar refractivity (Wildman–Crippen MR) is 67.8 cm³/mol. The first kappa shape index (κ1) is 10.7. The first-order chi connectivity index (χ1) is 7.65. The normalized spacial score (nSPS) is 10.5. The highest BCUT2D eigenvalue weighted by molar-refractivity contribution is 6.03. The highest BCUT2D eigenvalue weighted by atomic mass is 19.1. The smallest absolute Gasteiger partial charge is 0.147 e. The molecule has 0 heterocycles. The summed E-state index contributed by atoms with van der Waals surface area (Å²) in [5.41, 5.74) is 1.57. The Morgan fingerprint density at radius 1 is 1.12 bits per heavy atom.